The molecule has 0 fully saturated rings. The van der Waals surface area contributed by atoms with Gasteiger partial charge in [0.25, 0.3) is 0 Å². The van der Waals surface area contributed by atoms with E-state index in [2.05, 4.69) is 83.9 Å². The molecule has 0 saturated carbocycles. The molecule has 54 nitrogen and oxygen atoms in total. The molecule has 12 amide bonds. The molecule has 0 aliphatic carbocycles. The molecule has 0 radical (unpaired) electrons. The Morgan fingerprint density at radius 1 is 0.274 bits per heavy atom. The number of carbonyl (C=O) groups is 20. The molecule has 0 spiro atoms. The average molecular weight is 2060 g/mol. The molecule has 8 atom stereocenters. The summed E-state index contributed by atoms with van der Waals surface area (Å²) in [5.74, 6) is -16.8. The summed E-state index contributed by atoms with van der Waals surface area (Å²) in [7, 11) is 3.04. The topological polar surface area (TPSA) is 775 Å². The van der Waals surface area contributed by atoms with Gasteiger partial charge in [-0.3, -0.25) is 95.9 Å². The molecule has 0 aromatic heterocycles. The molecule has 0 aliphatic heterocycles. The lowest BCUT2D eigenvalue weighted by atomic mass is 10.1. The van der Waals surface area contributed by atoms with Gasteiger partial charge < -0.3 is 141 Å². The molecular weight excluding hydrogens is 1930 g/mol. The first-order chi connectivity index (χ1) is 69.9. The smallest absolute Gasteiger partial charge is 0.308 e. The van der Waals surface area contributed by atoms with Crippen LogP contribution < -0.4 is 63.8 Å². The lowest BCUT2D eigenvalue weighted by Crippen LogP contribution is -2.54. The van der Waals surface area contributed by atoms with E-state index >= 15 is 0 Å². The maximum Gasteiger partial charge on any atom is 0.308 e. The predicted molar refractivity (Wildman–Crippen MR) is 509 cm³/mol. The van der Waals surface area contributed by atoms with Crippen molar-refractivity contribution in [3.05, 3.63) is 164 Å². The number of nitrogens with zero attached hydrogens (tertiary/aromatic N) is 6. The molecule has 0 bridgehead atoms. The van der Waals surface area contributed by atoms with Crippen LogP contribution in [0.5, 0.6) is 0 Å². The van der Waals surface area contributed by atoms with E-state index in [1.807, 2.05) is 12.1 Å². The Morgan fingerprint density at radius 3 is 0.712 bits per heavy atom. The summed E-state index contributed by atoms with van der Waals surface area (Å²) in [6, 6.07) is 24.8. The Labute approximate surface area is 839 Å². The summed E-state index contributed by atoms with van der Waals surface area (Å²) < 4.78 is 61.5. The van der Waals surface area contributed by atoms with Gasteiger partial charge in [-0.1, -0.05) is 132 Å². The van der Waals surface area contributed by atoms with Crippen molar-refractivity contribution in [3.63, 3.8) is 0 Å². The number of ether oxygens (including phenoxy) is 12. The number of carboxylic acids is 4. The minimum absolute atomic E-state index is 0.0183. The largest absolute Gasteiger partial charge is 0.481 e. The van der Waals surface area contributed by atoms with E-state index in [9.17, 15) is 101 Å². The highest BCUT2D eigenvalue weighted by Gasteiger charge is 2.35. The summed E-state index contributed by atoms with van der Waals surface area (Å²) in [6.07, 6.45) is -4.46. The molecule has 146 heavy (non-hydrogen) atoms. The molecule has 804 valence electrons. The first-order valence-electron chi connectivity index (χ1n) is 45.4. The first kappa shape index (κ1) is 129. The van der Waals surface area contributed by atoms with Gasteiger partial charge in [-0.15, -0.1) is 0 Å². The van der Waals surface area contributed by atoms with Gasteiger partial charge in [-0.2, -0.15) is 0 Å². The number of azide groups is 2. The molecule has 16 N–H and O–H groups in total. The maximum absolute atomic E-state index is 12.8. The Balaban J connectivity index is 0.000000975. The van der Waals surface area contributed by atoms with Crippen LogP contribution in [0.1, 0.15) is 114 Å². The van der Waals surface area contributed by atoms with Gasteiger partial charge in [-0.05, 0) is 46.2 Å². The lowest BCUT2D eigenvalue weighted by Gasteiger charge is -2.22. The fraction of sp³-hybridized carbons (Fsp3) is 0.522. The normalized spacial score (nSPS) is 12.0. The standard InChI is InChI=1S/C24H34N6O9.C23H32N6O9.C23H33N3O9.C22H31N3O9/c1-17(31)28-19(7-8-22(34)39-16-18-5-3-2-4-6-18)24(36)29-20(15-21(32)33)23(35)26-9-11-37-13-14-38-12-10-27-30-25;1-16(30)27-19(14-21(33)38-15-17-5-3-2-4-6-17)23(35)28-18(13-20(31)32)22(34)25-7-9-36-11-12-37-10-8-26-29-24;1-16(27)25-18(8-9-21(30)35-15-17-6-4-3-5-7-17)23(32)26-19(14-20(28)29)22(31)24-10-11-34-13-12-33-2;1-15(26)24-18(13-20(29)34-14-16-6-4-3-5-7-16)22(31)25-17(12-19(27)28)21(30)23-8-9-33-11-10-32-2/h2-6,19-20H,7-16H2,1H3,(H,26,35)(H,28,31)(H,29,36)(H,32,33);2-6,18-19H,7-15H2,1H3,(H,25,34)(H,27,30)(H,28,35)(H,31,32);3-7,18-19H,8-15H2,1-2H3,(H,24,31)(H,25,27)(H,26,32)(H,28,29);3-7,17-18H,8-14H2,1-2H3,(H,23,30)(H,24,26)(H,25,31)(H,27,28)/t19-,20-;2*18-,19-;17-,18-/m0000/s1. The Morgan fingerprint density at radius 2 is 0.486 bits per heavy atom. The van der Waals surface area contributed by atoms with Crippen molar-refractivity contribution < 1.29 is 173 Å². The number of benzene rings is 4. The van der Waals surface area contributed by atoms with Crippen molar-refractivity contribution >= 4 is 119 Å². The van der Waals surface area contributed by atoms with Crippen LogP contribution in [-0.2, 0) is 179 Å². The van der Waals surface area contributed by atoms with Gasteiger partial charge in [0.05, 0.1) is 131 Å². The number of carboxylic acid groups (broad SMARTS) is 4. The van der Waals surface area contributed by atoms with Crippen LogP contribution in [0, 0.1) is 0 Å². The summed E-state index contributed by atoms with van der Waals surface area (Å²) in [4.78, 5) is 246. The summed E-state index contributed by atoms with van der Waals surface area (Å²) in [5.41, 5.74) is 19.3. The second-order valence-corrected chi connectivity index (χ2v) is 30.5. The van der Waals surface area contributed by atoms with Gasteiger partial charge in [-0.25, -0.2) is 0 Å². The highest BCUT2D eigenvalue weighted by Crippen LogP contribution is 2.13. The predicted octanol–water partition coefficient (Wildman–Crippen LogP) is -0.406. The van der Waals surface area contributed by atoms with Crippen molar-refractivity contribution in [2.24, 2.45) is 10.2 Å². The second-order valence-electron chi connectivity index (χ2n) is 30.5. The number of nitrogens with one attached hydrogen (secondary N) is 12. The number of hydrogen-bond acceptors (Lipinski definition) is 34. The summed E-state index contributed by atoms with van der Waals surface area (Å²) in [5, 5.41) is 71.7. The van der Waals surface area contributed by atoms with E-state index < -0.39 is 206 Å². The molecular formula is C92H130N18O36. The van der Waals surface area contributed by atoms with Crippen molar-refractivity contribution in [2.75, 3.05) is 146 Å². The lowest BCUT2D eigenvalue weighted by molar-refractivity contribution is -0.148. The molecule has 4 aromatic carbocycles. The molecule has 4 aromatic rings. The molecule has 0 saturated heterocycles. The third-order valence-electron chi connectivity index (χ3n) is 18.4. The van der Waals surface area contributed by atoms with Gasteiger partial charge in [0.2, 0.25) is 70.9 Å². The zero-order valence-corrected chi connectivity index (χ0v) is 81.7. The highest BCUT2D eigenvalue weighted by molar-refractivity contribution is 5.98. The fourth-order valence-electron chi connectivity index (χ4n) is 11.5. The molecule has 54 heteroatoms. The van der Waals surface area contributed by atoms with Crippen LogP contribution in [0.3, 0.4) is 0 Å². The minimum atomic E-state index is -1.47. The van der Waals surface area contributed by atoms with Crippen molar-refractivity contribution in [2.45, 2.75) is 167 Å². The molecule has 4 rings (SSSR count). The van der Waals surface area contributed by atoms with E-state index in [0.29, 0.717) is 26.4 Å². The summed E-state index contributed by atoms with van der Waals surface area (Å²) >= 11 is 0. The van der Waals surface area contributed by atoms with Crippen molar-refractivity contribution in [3.8, 4) is 0 Å². The quantitative estimate of drug-likeness (QED) is 0.00667. The second kappa shape index (κ2) is 81.0. The monoisotopic (exact) mass is 2060 g/mol. The number of amides is 12. The third-order valence-corrected chi connectivity index (χ3v) is 18.4. The van der Waals surface area contributed by atoms with Crippen molar-refractivity contribution in [1.29, 1.82) is 0 Å². The van der Waals surface area contributed by atoms with Crippen molar-refractivity contribution in [1.82, 2.24) is 63.8 Å². The van der Waals surface area contributed by atoms with Crippen LogP contribution in [-0.4, -0.2) is 333 Å². The molecule has 0 unspecified atom stereocenters. The SMILES string of the molecule is CC(=O)N[C@@H](CC(=O)OCc1ccccc1)C(=O)N[C@@H](CC(=O)O)C(=O)NCCOCCOCCN=[N+]=[N-].CC(=O)N[C@@H](CCC(=O)OCc1ccccc1)C(=O)N[C@@H](CC(=O)O)C(=O)NCCOCCOCCN=[N+]=[N-].COCCOCCNC(=O)[C@H](CC(=O)O)NC(=O)[C@H](CC(=O)OCc1ccccc1)NC(C)=O.COCCOCCNC(=O)[C@H](CC(=O)O)NC(=O)[C@H](CCC(=O)OCc1ccccc1)NC(C)=O. The van der Waals surface area contributed by atoms with Crippen LogP contribution in [0.4, 0.5) is 0 Å². The molecule has 0 aliphatic rings. The van der Waals surface area contributed by atoms with Crippen LogP contribution in [0.25, 0.3) is 20.9 Å². The number of rotatable bonds is 72. The fourth-order valence-corrected chi connectivity index (χ4v) is 11.5. The minimum Gasteiger partial charge on any atom is -0.481 e. The van der Waals surface area contributed by atoms with Gasteiger partial charge in [0.1, 0.15) is 74.8 Å². The summed E-state index contributed by atoms with van der Waals surface area (Å²) in [6.45, 7) is 8.65. The maximum atomic E-state index is 12.8. The number of aliphatic carboxylic acids is 4. The van der Waals surface area contributed by atoms with Crippen LogP contribution >= 0.6 is 0 Å². The van der Waals surface area contributed by atoms with E-state index in [0.717, 1.165) is 36.1 Å². The number of hydrogen-bond donors (Lipinski definition) is 16. The Bertz CT molecular complexity index is 4780. The zero-order chi connectivity index (χ0) is 108. The van der Waals surface area contributed by atoms with E-state index in [1.165, 1.54) is 28.1 Å². The van der Waals surface area contributed by atoms with Gasteiger partial charge in [0.15, 0.2) is 0 Å². The van der Waals surface area contributed by atoms with E-state index in [-0.39, 0.29) is 157 Å². The Hall–Kier alpha value is -15.4. The number of esters is 4. The van der Waals surface area contributed by atoms with E-state index in [1.54, 1.807) is 109 Å². The van der Waals surface area contributed by atoms with E-state index in [4.69, 9.17) is 83.2 Å². The zero-order valence-electron chi connectivity index (χ0n) is 81.7. The highest BCUT2D eigenvalue weighted by atomic mass is 16.6. The van der Waals surface area contributed by atoms with Crippen LogP contribution in [0.15, 0.2) is 132 Å². The third kappa shape index (κ3) is 68.7. The first-order valence-corrected chi connectivity index (χ1v) is 45.4. The number of methoxy groups -OCH3 is 2. The Kier molecular flexibility index (Phi) is 71.4. The molecule has 0 heterocycles. The van der Waals surface area contributed by atoms with Crippen LogP contribution in [0.2, 0.25) is 0 Å². The van der Waals surface area contributed by atoms with Gasteiger partial charge in [0, 0.05) is 104 Å². The average Bonchev–Trinajstić information content (AvgIpc) is 0.886. The number of carbonyl (C=O) groups excluding carboxylic acids is 16. The van der Waals surface area contributed by atoms with Gasteiger partial charge >= 0.3 is 47.8 Å².